The van der Waals surface area contributed by atoms with Crippen molar-refractivity contribution in [2.75, 3.05) is 30.8 Å². The molecule has 1 amide bonds. The first-order valence-corrected chi connectivity index (χ1v) is 11.3. The van der Waals surface area contributed by atoms with Crippen LogP contribution in [0.4, 0.5) is 5.69 Å². The van der Waals surface area contributed by atoms with Crippen molar-refractivity contribution < 1.29 is 15.0 Å². The van der Waals surface area contributed by atoms with E-state index in [0.717, 1.165) is 36.0 Å². The van der Waals surface area contributed by atoms with Crippen molar-refractivity contribution in [2.24, 2.45) is 0 Å². The van der Waals surface area contributed by atoms with Crippen LogP contribution < -0.4 is 9.62 Å². The molecule has 1 fully saturated rings. The second kappa shape index (κ2) is 8.57. The van der Waals surface area contributed by atoms with Gasteiger partial charge in [-0.2, -0.15) is 5.10 Å². The lowest BCUT2D eigenvalue weighted by Gasteiger charge is -2.24. The number of carbonyl (C=O) groups is 1. The number of fused-ring (bicyclic) bond motifs is 1. The zero-order chi connectivity index (χ0) is 21.3. The zero-order valence-corrected chi connectivity index (χ0v) is 17.9. The Kier molecular flexibility index (Phi) is 5.87. The van der Waals surface area contributed by atoms with Gasteiger partial charge in [-0.25, -0.2) is 4.68 Å². The van der Waals surface area contributed by atoms with E-state index in [2.05, 4.69) is 21.8 Å². The highest BCUT2D eigenvalue weighted by Crippen LogP contribution is 2.47. The molecule has 0 spiro atoms. The van der Waals surface area contributed by atoms with E-state index in [9.17, 15) is 15.0 Å². The maximum absolute atomic E-state index is 12.8. The lowest BCUT2D eigenvalue weighted by molar-refractivity contribution is 0.0957. The molecule has 0 saturated heterocycles. The van der Waals surface area contributed by atoms with E-state index in [1.165, 1.54) is 5.56 Å². The molecule has 4 rings (SSSR count). The molecular formula is C22H26N4O3S. The summed E-state index contributed by atoms with van der Waals surface area (Å²) < 4.78 is 3.84. The van der Waals surface area contributed by atoms with Gasteiger partial charge in [0.15, 0.2) is 0 Å². The van der Waals surface area contributed by atoms with Crippen LogP contribution in [0.15, 0.2) is 36.4 Å². The van der Waals surface area contributed by atoms with Gasteiger partial charge in [0.05, 0.1) is 16.9 Å². The van der Waals surface area contributed by atoms with Crippen molar-refractivity contribution >= 4 is 34.4 Å². The third-order valence-electron chi connectivity index (χ3n) is 5.38. The van der Waals surface area contributed by atoms with Gasteiger partial charge in [0.1, 0.15) is 11.4 Å². The summed E-state index contributed by atoms with van der Waals surface area (Å²) in [6.07, 6.45) is 5.00. The Hall–Kier alpha value is -2.71. The van der Waals surface area contributed by atoms with Gasteiger partial charge in [-0.3, -0.25) is 4.79 Å². The first kappa shape index (κ1) is 20.6. The van der Waals surface area contributed by atoms with Crippen molar-refractivity contribution in [1.82, 2.24) is 15.1 Å². The number of aromatic hydroxyl groups is 1. The minimum atomic E-state index is -0.206. The Morgan fingerprint density at radius 2 is 2.03 bits per heavy atom. The van der Waals surface area contributed by atoms with Gasteiger partial charge in [0.2, 0.25) is 0 Å². The van der Waals surface area contributed by atoms with Crippen LogP contribution >= 0.6 is 11.9 Å². The molecular weight excluding hydrogens is 400 g/mol. The van der Waals surface area contributed by atoms with E-state index in [4.69, 9.17) is 5.10 Å². The summed E-state index contributed by atoms with van der Waals surface area (Å²) in [5.41, 5.74) is 4.26. The summed E-state index contributed by atoms with van der Waals surface area (Å²) in [5.74, 6) is 0.444. The lowest BCUT2D eigenvalue weighted by atomic mass is 10.0. The number of hydrogen-bond acceptors (Lipinski definition) is 6. The van der Waals surface area contributed by atoms with Crippen molar-refractivity contribution in [3.63, 3.8) is 0 Å². The fourth-order valence-corrected chi connectivity index (χ4v) is 4.38. The fraction of sp³-hybridized carbons (Fsp3) is 0.364. The summed E-state index contributed by atoms with van der Waals surface area (Å²) in [6, 6.07) is 10.8. The normalized spacial score (nSPS) is 13.6. The molecule has 3 N–H and O–H groups in total. The molecule has 1 aliphatic rings. The number of nitrogens with zero attached hydrogens (tertiary/aromatic N) is 3. The number of phenols is 1. The zero-order valence-electron chi connectivity index (χ0n) is 17.1. The molecule has 8 heteroatoms. The number of benzene rings is 2. The third-order valence-corrected chi connectivity index (χ3v) is 6.20. The number of rotatable bonds is 8. The Labute approximate surface area is 179 Å². The molecule has 3 aromatic rings. The predicted molar refractivity (Wildman–Crippen MR) is 121 cm³/mol. The predicted octanol–water partition coefficient (Wildman–Crippen LogP) is 3.43. The highest BCUT2D eigenvalue weighted by molar-refractivity contribution is 7.99. The quantitative estimate of drug-likeness (QED) is 0.478. The Balaban J connectivity index is 1.91. The number of amides is 1. The van der Waals surface area contributed by atoms with Gasteiger partial charge in [-0.05, 0) is 67.1 Å². The molecule has 2 aromatic carbocycles. The average molecular weight is 427 g/mol. The number of phenolic OH excluding ortho intramolecular Hbond substituents is 1. The Bertz CT molecular complexity index is 1060. The second-order valence-corrected chi connectivity index (χ2v) is 8.23. The van der Waals surface area contributed by atoms with Gasteiger partial charge in [0.25, 0.3) is 5.91 Å². The number of aromatic nitrogens is 2. The maximum Gasteiger partial charge on any atom is 0.270 e. The standard InChI is InChI=1S/C22H26N4O3S/c1-23-22(29)21-18-12-17(14-4-5-14)20(25(30-2)10-3-11-27)13-19(18)24-26(21)15-6-8-16(28)9-7-15/h6-9,12-14,27-28H,3-5,10-11H2,1-2H3,(H,23,29). The molecule has 1 aromatic heterocycles. The number of anilines is 1. The van der Waals surface area contributed by atoms with E-state index in [1.807, 2.05) is 6.26 Å². The van der Waals surface area contributed by atoms with Crippen LogP contribution in [0.25, 0.3) is 16.6 Å². The number of aliphatic hydroxyl groups excluding tert-OH is 1. The van der Waals surface area contributed by atoms with E-state index >= 15 is 0 Å². The highest BCUT2D eigenvalue weighted by Gasteiger charge is 2.30. The minimum absolute atomic E-state index is 0.147. The van der Waals surface area contributed by atoms with E-state index in [1.54, 1.807) is 47.9 Å². The van der Waals surface area contributed by atoms with Crippen molar-refractivity contribution in [3.8, 4) is 11.4 Å². The molecule has 0 aliphatic heterocycles. The number of aliphatic hydroxyl groups is 1. The van der Waals surface area contributed by atoms with Crippen LogP contribution in [-0.2, 0) is 0 Å². The second-order valence-electron chi connectivity index (χ2n) is 7.42. The van der Waals surface area contributed by atoms with Gasteiger partial charge < -0.3 is 19.8 Å². The number of hydrogen-bond donors (Lipinski definition) is 3. The van der Waals surface area contributed by atoms with E-state index in [-0.39, 0.29) is 18.3 Å². The summed E-state index contributed by atoms with van der Waals surface area (Å²) in [4.78, 5) is 12.8. The van der Waals surface area contributed by atoms with Gasteiger partial charge in [-0.15, -0.1) is 0 Å². The minimum Gasteiger partial charge on any atom is -0.508 e. The van der Waals surface area contributed by atoms with E-state index < -0.39 is 0 Å². The molecule has 1 saturated carbocycles. The Morgan fingerprint density at radius 1 is 1.30 bits per heavy atom. The highest BCUT2D eigenvalue weighted by atomic mass is 32.2. The molecule has 0 bridgehead atoms. The van der Waals surface area contributed by atoms with Crippen molar-refractivity contribution in [3.05, 3.63) is 47.7 Å². The molecule has 30 heavy (non-hydrogen) atoms. The lowest BCUT2D eigenvalue weighted by Crippen LogP contribution is -2.22. The van der Waals surface area contributed by atoms with Crippen LogP contribution in [0.5, 0.6) is 5.75 Å². The first-order chi connectivity index (χ1) is 14.6. The summed E-state index contributed by atoms with van der Waals surface area (Å²) >= 11 is 1.63. The number of carbonyl (C=O) groups excluding carboxylic acids is 1. The largest absolute Gasteiger partial charge is 0.508 e. The van der Waals surface area contributed by atoms with Crippen molar-refractivity contribution in [2.45, 2.75) is 25.2 Å². The van der Waals surface area contributed by atoms with E-state index in [0.29, 0.717) is 23.7 Å². The van der Waals surface area contributed by atoms with Crippen LogP contribution in [0, 0.1) is 0 Å². The Morgan fingerprint density at radius 3 is 2.63 bits per heavy atom. The summed E-state index contributed by atoms with van der Waals surface area (Å²) in [5, 5.41) is 27.2. The van der Waals surface area contributed by atoms with Crippen LogP contribution in [0.2, 0.25) is 0 Å². The monoisotopic (exact) mass is 426 g/mol. The number of nitrogens with one attached hydrogen (secondary N) is 1. The topological polar surface area (TPSA) is 90.6 Å². The SMILES string of the molecule is CNC(=O)c1c2cc(C3CC3)c(N(CCCO)SC)cc2nn1-c1ccc(O)cc1. The van der Waals surface area contributed by atoms with Crippen LogP contribution in [0.1, 0.15) is 41.2 Å². The van der Waals surface area contributed by atoms with Crippen LogP contribution in [0.3, 0.4) is 0 Å². The van der Waals surface area contributed by atoms with Gasteiger partial charge in [0, 0.05) is 31.8 Å². The molecule has 0 radical (unpaired) electrons. The molecule has 0 unspecified atom stereocenters. The van der Waals surface area contributed by atoms with Crippen molar-refractivity contribution in [1.29, 1.82) is 0 Å². The fourth-order valence-electron chi connectivity index (χ4n) is 3.72. The van der Waals surface area contributed by atoms with Crippen LogP contribution in [-0.4, -0.2) is 52.4 Å². The summed E-state index contributed by atoms with van der Waals surface area (Å²) in [6.45, 7) is 0.887. The average Bonchev–Trinajstić information content (AvgIpc) is 3.54. The van der Waals surface area contributed by atoms with Gasteiger partial charge >= 0.3 is 0 Å². The third kappa shape index (κ3) is 3.85. The first-order valence-electron chi connectivity index (χ1n) is 10.1. The van der Waals surface area contributed by atoms with Gasteiger partial charge in [-0.1, -0.05) is 11.9 Å². The molecule has 0 atom stereocenters. The molecule has 1 heterocycles. The smallest absolute Gasteiger partial charge is 0.270 e. The molecule has 7 nitrogen and oxygen atoms in total. The summed E-state index contributed by atoms with van der Waals surface area (Å²) in [7, 11) is 1.61. The molecule has 1 aliphatic carbocycles. The maximum atomic E-state index is 12.8. The molecule has 158 valence electrons.